The maximum Gasteiger partial charge on any atom is 0.259 e. The normalized spacial score (nSPS) is 14.8. The first kappa shape index (κ1) is 15.5. The average Bonchev–Trinajstić information content (AvgIpc) is 3.18. The van der Waals surface area contributed by atoms with Crippen molar-refractivity contribution in [3.63, 3.8) is 0 Å². The minimum Gasteiger partial charge on any atom is -0.382 e. The molecule has 1 fully saturated rings. The Balaban J connectivity index is 1.95. The molecule has 5 N–H and O–H groups in total. The molecule has 0 unspecified atom stereocenters. The number of primary amides is 1. The number of aromatic nitrogens is 1. The molecule has 0 spiro atoms. The van der Waals surface area contributed by atoms with Crippen LogP contribution in [-0.2, 0) is 0 Å². The van der Waals surface area contributed by atoms with Gasteiger partial charge in [-0.25, -0.2) is 0 Å². The molecule has 0 saturated heterocycles. The van der Waals surface area contributed by atoms with Crippen molar-refractivity contribution >= 4 is 28.6 Å². The van der Waals surface area contributed by atoms with Gasteiger partial charge in [-0.1, -0.05) is 12.8 Å². The highest BCUT2D eigenvalue weighted by Crippen LogP contribution is 2.25. The highest BCUT2D eigenvalue weighted by Gasteiger charge is 2.20. The summed E-state index contributed by atoms with van der Waals surface area (Å²) in [5, 5.41) is 13.4. The zero-order valence-electron chi connectivity index (χ0n) is 12.5. The fourth-order valence-electron chi connectivity index (χ4n) is 2.88. The number of hydrogen-bond donors (Lipinski definition) is 4. The van der Waals surface area contributed by atoms with Crippen LogP contribution in [0.5, 0.6) is 0 Å². The third kappa shape index (κ3) is 3.19. The molecule has 2 aromatic rings. The Hall–Kier alpha value is -2.41. The maximum atomic E-state index is 12.2. The van der Waals surface area contributed by atoms with Crippen LogP contribution in [0.3, 0.4) is 0 Å². The second-order valence-corrected chi connectivity index (χ2v) is 6.57. The summed E-state index contributed by atoms with van der Waals surface area (Å²) in [6.45, 7) is 0. The first-order valence-electron chi connectivity index (χ1n) is 7.52. The molecule has 0 radical (unpaired) electrons. The van der Waals surface area contributed by atoms with E-state index in [-0.39, 0.29) is 11.3 Å². The quantitative estimate of drug-likeness (QED) is 0.631. The second kappa shape index (κ2) is 6.37. The van der Waals surface area contributed by atoms with Gasteiger partial charge in [0.25, 0.3) is 11.5 Å². The van der Waals surface area contributed by atoms with Crippen LogP contribution in [0.2, 0.25) is 0 Å². The van der Waals surface area contributed by atoms with Gasteiger partial charge in [0.2, 0.25) is 0 Å². The lowest BCUT2D eigenvalue weighted by atomic mass is 10.0. The zero-order valence-corrected chi connectivity index (χ0v) is 13.3. The largest absolute Gasteiger partial charge is 0.382 e. The molecule has 3 rings (SSSR count). The van der Waals surface area contributed by atoms with Crippen LogP contribution in [0.15, 0.2) is 28.5 Å². The summed E-state index contributed by atoms with van der Waals surface area (Å²) in [6.07, 6.45) is 6.09. The third-order valence-electron chi connectivity index (χ3n) is 4.06. The van der Waals surface area contributed by atoms with Crippen molar-refractivity contribution in [1.82, 2.24) is 4.98 Å². The predicted molar refractivity (Wildman–Crippen MR) is 91.7 cm³/mol. The minimum atomic E-state index is -0.527. The number of carbonyl (C=O) groups is 1. The van der Waals surface area contributed by atoms with E-state index in [0.29, 0.717) is 27.7 Å². The van der Waals surface area contributed by atoms with E-state index in [9.17, 15) is 9.59 Å². The number of amides is 1. The number of rotatable bonds is 5. The van der Waals surface area contributed by atoms with Crippen molar-refractivity contribution in [3.8, 4) is 0 Å². The van der Waals surface area contributed by atoms with Crippen LogP contribution in [0, 0.1) is 5.41 Å². The van der Waals surface area contributed by atoms with Gasteiger partial charge in [0, 0.05) is 23.2 Å². The van der Waals surface area contributed by atoms with Gasteiger partial charge in [-0.2, -0.15) is 0 Å². The number of nitrogens with one attached hydrogen (secondary N) is 3. The Morgan fingerprint density at radius 3 is 2.78 bits per heavy atom. The van der Waals surface area contributed by atoms with Crippen molar-refractivity contribution in [1.29, 1.82) is 5.41 Å². The highest BCUT2D eigenvalue weighted by molar-refractivity contribution is 7.12. The number of carbonyl (C=O) groups excluding carboxylic acids is 1. The number of H-pyrrole nitrogens is 1. The van der Waals surface area contributed by atoms with Crippen molar-refractivity contribution in [2.45, 2.75) is 31.7 Å². The number of anilines is 1. The lowest BCUT2D eigenvalue weighted by Gasteiger charge is -2.16. The van der Waals surface area contributed by atoms with Crippen LogP contribution in [0.1, 0.15) is 46.5 Å². The Morgan fingerprint density at radius 2 is 2.13 bits per heavy atom. The van der Waals surface area contributed by atoms with E-state index < -0.39 is 5.91 Å². The molecule has 1 aliphatic rings. The van der Waals surface area contributed by atoms with Gasteiger partial charge in [-0.15, -0.1) is 11.3 Å². The zero-order chi connectivity index (χ0) is 16.4. The molecule has 7 heteroatoms. The molecule has 1 amide bonds. The molecule has 2 heterocycles. The molecular weight excluding hydrogens is 312 g/mol. The van der Waals surface area contributed by atoms with Crippen molar-refractivity contribution in [3.05, 3.63) is 50.1 Å². The minimum absolute atomic E-state index is 0.0936. The first-order valence-corrected chi connectivity index (χ1v) is 8.40. The number of thiophene rings is 1. The van der Waals surface area contributed by atoms with Crippen LogP contribution < -0.4 is 16.6 Å². The number of pyridine rings is 1. The second-order valence-electron chi connectivity index (χ2n) is 5.66. The molecule has 0 aliphatic heterocycles. The van der Waals surface area contributed by atoms with Crippen LogP contribution >= 0.6 is 11.3 Å². The monoisotopic (exact) mass is 330 g/mol. The van der Waals surface area contributed by atoms with E-state index in [4.69, 9.17) is 11.1 Å². The lowest BCUT2D eigenvalue weighted by molar-refractivity contribution is 0.100. The van der Waals surface area contributed by atoms with Gasteiger partial charge in [0.1, 0.15) is 0 Å². The van der Waals surface area contributed by atoms with Crippen LogP contribution in [0.4, 0.5) is 5.69 Å². The first-order chi connectivity index (χ1) is 11.1. The molecule has 120 valence electrons. The smallest absolute Gasteiger partial charge is 0.259 e. The molecular formula is C16H18N4O2S. The van der Waals surface area contributed by atoms with Crippen LogP contribution in [-0.4, -0.2) is 22.6 Å². The standard InChI is InChI=1S/C16H18N4O2S/c17-14(9-7-12(15(18)21)23-8-9)13-11(5-6-19-16(13)22)20-10-3-1-2-4-10/h5-8,10,17H,1-4H2,(H2,18,21)(H2,19,20,22). The predicted octanol–water partition coefficient (Wildman–Crippen LogP) is 2.31. The molecule has 1 aliphatic carbocycles. The maximum absolute atomic E-state index is 12.2. The summed E-state index contributed by atoms with van der Waals surface area (Å²) >= 11 is 1.18. The molecule has 0 aromatic carbocycles. The number of aromatic amines is 1. The van der Waals surface area contributed by atoms with Gasteiger partial charge in [-0.05, 0) is 25.0 Å². The fraction of sp³-hybridized carbons (Fsp3) is 0.312. The molecule has 1 saturated carbocycles. The lowest BCUT2D eigenvalue weighted by Crippen LogP contribution is -2.24. The van der Waals surface area contributed by atoms with Gasteiger partial charge in [-0.3, -0.25) is 15.0 Å². The summed E-state index contributed by atoms with van der Waals surface area (Å²) in [5.74, 6) is -0.527. The van der Waals surface area contributed by atoms with Crippen molar-refractivity contribution < 1.29 is 4.79 Å². The summed E-state index contributed by atoms with van der Waals surface area (Å²) in [6, 6.07) is 3.68. The van der Waals surface area contributed by atoms with Crippen molar-refractivity contribution in [2.75, 3.05) is 5.32 Å². The number of hydrogen-bond acceptors (Lipinski definition) is 5. The summed E-state index contributed by atoms with van der Waals surface area (Å²) < 4.78 is 0. The van der Waals surface area contributed by atoms with Gasteiger partial charge in [0.15, 0.2) is 0 Å². The Morgan fingerprint density at radius 1 is 1.39 bits per heavy atom. The molecule has 2 aromatic heterocycles. The molecule has 23 heavy (non-hydrogen) atoms. The third-order valence-corrected chi connectivity index (χ3v) is 5.00. The molecule has 0 bridgehead atoms. The van der Waals surface area contributed by atoms with E-state index >= 15 is 0 Å². The van der Waals surface area contributed by atoms with E-state index in [0.717, 1.165) is 12.8 Å². The van der Waals surface area contributed by atoms with E-state index in [1.54, 1.807) is 23.7 Å². The molecule has 0 atom stereocenters. The van der Waals surface area contributed by atoms with Crippen LogP contribution in [0.25, 0.3) is 0 Å². The summed E-state index contributed by atoms with van der Waals surface area (Å²) in [7, 11) is 0. The van der Waals surface area contributed by atoms with Crippen molar-refractivity contribution in [2.24, 2.45) is 5.73 Å². The Kier molecular flexibility index (Phi) is 4.29. The SMILES string of the molecule is N=C(c1csc(C(N)=O)c1)c1c(NC2CCCC2)cc[nH]c1=O. The Bertz CT molecular complexity index is 802. The van der Waals surface area contributed by atoms with Gasteiger partial charge in [0.05, 0.1) is 21.8 Å². The fourth-order valence-corrected chi connectivity index (χ4v) is 3.63. The highest BCUT2D eigenvalue weighted by atomic mass is 32.1. The number of nitrogens with two attached hydrogens (primary N) is 1. The van der Waals surface area contributed by atoms with Gasteiger partial charge >= 0.3 is 0 Å². The van der Waals surface area contributed by atoms with E-state index in [2.05, 4.69) is 10.3 Å². The topological polar surface area (TPSA) is 112 Å². The average molecular weight is 330 g/mol. The molecule has 6 nitrogen and oxygen atoms in total. The van der Waals surface area contributed by atoms with E-state index in [1.807, 2.05) is 0 Å². The van der Waals surface area contributed by atoms with E-state index in [1.165, 1.54) is 24.2 Å². The van der Waals surface area contributed by atoms with Gasteiger partial charge < -0.3 is 16.0 Å². The Labute approximate surface area is 137 Å². The summed E-state index contributed by atoms with van der Waals surface area (Å²) in [5.41, 5.74) is 6.52. The summed E-state index contributed by atoms with van der Waals surface area (Å²) in [4.78, 5) is 26.5.